The summed E-state index contributed by atoms with van der Waals surface area (Å²) >= 11 is 0. The first-order chi connectivity index (χ1) is 10.6. The van der Waals surface area contributed by atoms with Gasteiger partial charge in [0.25, 0.3) is 0 Å². The Morgan fingerprint density at radius 1 is 1.36 bits per heavy atom. The number of allylic oxidation sites excluding steroid dienone is 1. The highest BCUT2D eigenvalue weighted by molar-refractivity contribution is 5.88. The van der Waals surface area contributed by atoms with Crippen LogP contribution in [0.4, 0.5) is 10.1 Å². The third-order valence-electron chi connectivity index (χ3n) is 4.12. The number of hydrogen-bond donors (Lipinski definition) is 0. The number of nitrogens with zero attached hydrogens (tertiary/aromatic N) is 1. The van der Waals surface area contributed by atoms with Crippen LogP contribution >= 0.6 is 0 Å². The second-order valence-electron chi connectivity index (χ2n) is 5.58. The Balaban J connectivity index is 2.00. The van der Waals surface area contributed by atoms with E-state index in [9.17, 15) is 14.0 Å². The van der Waals surface area contributed by atoms with Gasteiger partial charge >= 0.3 is 5.97 Å². The fraction of sp³-hybridized carbons (Fsp3) is 0.412. The standard InChI is InChI=1S/C17H18FNO3/c1-2-22-16(21)9-12-8-11-4-3-5-14(18)17(11)19-10-13(20)6-7-15(12)19/h3-5H,2,6-10H2,1H3. The van der Waals surface area contributed by atoms with Crippen molar-refractivity contribution in [2.24, 2.45) is 0 Å². The molecule has 0 saturated carbocycles. The molecule has 0 amide bonds. The van der Waals surface area contributed by atoms with E-state index in [0.29, 0.717) is 31.6 Å². The highest BCUT2D eigenvalue weighted by Gasteiger charge is 2.32. The second-order valence-corrected chi connectivity index (χ2v) is 5.58. The van der Waals surface area contributed by atoms with E-state index in [2.05, 4.69) is 0 Å². The second kappa shape index (κ2) is 5.91. The van der Waals surface area contributed by atoms with Crippen LogP contribution in [0.1, 0.15) is 31.7 Å². The highest BCUT2D eigenvalue weighted by Crippen LogP contribution is 2.39. The average Bonchev–Trinajstić information content (AvgIpc) is 2.47. The van der Waals surface area contributed by atoms with Crippen molar-refractivity contribution in [1.82, 2.24) is 0 Å². The van der Waals surface area contributed by atoms with E-state index in [4.69, 9.17) is 4.74 Å². The molecule has 0 spiro atoms. The molecule has 2 aliphatic heterocycles. The minimum absolute atomic E-state index is 0.0929. The van der Waals surface area contributed by atoms with Crippen molar-refractivity contribution in [2.45, 2.75) is 32.6 Å². The molecule has 5 heteroatoms. The number of piperidine rings is 1. The number of fused-ring (bicyclic) bond motifs is 3. The molecule has 116 valence electrons. The van der Waals surface area contributed by atoms with Gasteiger partial charge in [0.15, 0.2) is 5.78 Å². The summed E-state index contributed by atoms with van der Waals surface area (Å²) in [7, 11) is 0. The molecule has 0 atom stereocenters. The molecule has 2 heterocycles. The Morgan fingerprint density at radius 3 is 2.95 bits per heavy atom. The lowest BCUT2D eigenvalue weighted by molar-refractivity contribution is -0.142. The summed E-state index contributed by atoms with van der Waals surface area (Å²) in [5.74, 6) is -0.503. The van der Waals surface area contributed by atoms with E-state index in [-0.39, 0.29) is 30.5 Å². The van der Waals surface area contributed by atoms with Gasteiger partial charge in [-0.1, -0.05) is 12.1 Å². The van der Waals surface area contributed by atoms with E-state index >= 15 is 0 Å². The summed E-state index contributed by atoms with van der Waals surface area (Å²) in [5, 5.41) is 0. The molecule has 0 aliphatic carbocycles. The molecule has 1 fully saturated rings. The monoisotopic (exact) mass is 303 g/mol. The lowest BCUT2D eigenvalue weighted by Crippen LogP contribution is -2.38. The molecule has 1 aromatic rings. The van der Waals surface area contributed by atoms with E-state index in [0.717, 1.165) is 16.8 Å². The third-order valence-corrected chi connectivity index (χ3v) is 4.12. The van der Waals surface area contributed by atoms with Gasteiger partial charge in [-0.05, 0) is 37.0 Å². The summed E-state index contributed by atoms with van der Waals surface area (Å²) in [6, 6.07) is 4.91. The quantitative estimate of drug-likeness (QED) is 0.806. The predicted octanol–water partition coefficient (Wildman–Crippen LogP) is 2.76. The minimum Gasteiger partial charge on any atom is -0.466 e. The van der Waals surface area contributed by atoms with Gasteiger partial charge in [0.05, 0.1) is 25.3 Å². The smallest absolute Gasteiger partial charge is 0.309 e. The van der Waals surface area contributed by atoms with Gasteiger partial charge in [-0.2, -0.15) is 0 Å². The zero-order valence-electron chi connectivity index (χ0n) is 12.5. The topological polar surface area (TPSA) is 46.6 Å². The fourth-order valence-corrected chi connectivity index (χ4v) is 3.21. The van der Waals surface area contributed by atoms with E-state index < -0.39 is 0 Å². The predicted molar refractivity (Wildman–Crippen MR) is 80.0 cm³/mol. The zero-order chi connectivity index (χ0) is 15.7. The van der Waals surface area contributed by atoms with Gasteiger partial charge in [0, 0.05) is 12.1 Å². The summed E-state index contributed by atoms with van der Waals surface area (Å²) in [5.41, 5.74) is 3.14. The van der Waals surface area contributed by atoms with Crippen LogP contribution in [0.15, 0.2) is 29.5 Å². The highest BCUT2D eigenvalue weighted by atomic mass is 19.1. The average molecular weight is 303 g/mol. The Kier molecular flexibility index (Phi) is 3.96. The number of anilines is 1. The lowest BCUT2D eigenvalue weighted by atomic mass is 9.89. The van der Waals surface area contributed by atoms with Gasteiger partial charge in [-0.15, -0.1) is 0 Å². The molecular weight excluding hydrogens is 285 g/mol. The van der Waals surface area contributed by atoms with Crippen LogP contribution in [-0.4, -0.2) is 24.9 Å². The van der Waals surface area contributed by atoms with E-state index in [1.54, 1.807) is 17.9 Å². The number of carbonyl (C=O) groups is 2. The summed E-state index contributed by atoms with van der Waals surface area (Å²) < 4.78 is 19.2. The van der Waals surface area contributed by atoms with Gasteiger partial charge in [-0.3, -0.25) is 9.59 Å². The van der Waals surface area contributed by atoms with Crippen molar-refractivity contribution in [3.8, 4) is 0 Å². The first kappa shape index (κ1) is 14.8. The molecule has 4 nitrogen and oxygen atoms in total. The molecule has 0 aromatic heterocycles. The van der Waals surface area contributed by atoms with Gasteiger partial charge < -0.3 is 9.64 Å². The van der Waals surface area contributed by atoms with Crippen LogP contribution in [0.3, 0.4) is 0 Å². The Labute approximate surface area is 128 Å². The van der Waals surface area contributed by atoms with Crippen molar-refractivity contribution in [2.75, 3.05) is 18.1 Å². The molecule has 1 saturated heterocycles. The number of carbonyl (C=O) groups excluding carboxylic acids is 2. The minimum atomic E-state index is -0.320. The van der Waals surface area contributed by atoms with Crippen molar-refractivity contribution in [1.29, 1.82) is 0 Å². The molecule has 0 bridgehead atoms. The molecular formula is C17H18FNO3. The maximum absolute atomic E-state index is 14.2. The van der Waals surface area contributed by atoms with Crippen molar-refractivity contribution < 1.29 is 18.7 Å². The first-order valence-electron chi connectivity index (χ1n) is 7.53. The first-order valence-corrected chi connectivity index (χ1v) is 7.53. The van der Waals surface area contributed by atoms with Crippen LogP contribution in [0.5, 0.6) is 0 Å². The van der Waals surface area contributed by atoms with Gasteiger partial charge in [-0.25, -0.2) is 4.39 Å². The normalized spacial score (nSPS) is 17.2. The Hall–Kier alpha value is -2.17. The molecule has 0 N–H and O–H groups in total. The maximum Gasteiger partial charge on any atom is 0.309 e. The maximum atomic E-state index is 14.2. The van der Waals surface area contributed by atoms with E-state index in [1.165, 1.54) is 6.07 Å². The van der Waals surface area contributed by atoms with Crippen LogP contribution in [0, 0.1) is 5.82 Å². The van der Waals surface area contributed by atoms with Crippen LogP contribution in [0.2, 0.25) is 0 Å². The SMILES string of the molecule is CCOC(=O)CC1=C2CCC(=O)CN2c2c(F)cccc2C1. The van der Waals surface area contributed by atoms with Gasteiger partial charge in [0.2, 0.25) is 0 Å². The molecule has 0 radical (unpaired) electrons. The summed E-state index contributed by atoms with van der Waals surface area (Å²) in [6.45, 7) is 2.29. The summed E-state index contributed by atoms with van der Waals surface area (Å²) in [6.07, 6.45) is 1.74. The van der Waals surface area contributed by atoms with Crippen molar-refractivity contribution in [3.05, 3.63) is 40.8 Å². The lowest BCUT2D eigenvalue weighted by Gasteiger charge is -2.38. The van der Waals surface area contributed by atoms with Crippen LogP contribution < -0.4 is 4.90 Å². The third kappa shape index (κ3) is 2.63. The molecule has 1 aromatic carbocycles. The fourth-order valence-electron chi connectivity index (χ4n) is 3.21. The summed E-state index contributed by atoms with van der Waals surface area (Å²) in [4.78, 5) is 25.3. The Morgan fingerprint density at radius 2 is 2.18 bits per heavy atom. The van der Waals surface area contributed by atoms with Crippen molar-refractivity contribution >= 4 is 17.4 Å². The Bertz CT molecular complexity index is 666. The number of benzene rings is 1. The number of esters is 1. The molecule has 22 heavy (non-hydrogen) atoms. The largest absolute Gasteiger partial charge is 0.466 e. The number of ketones is 1. The number of Topliss-reactive ketones (excluding diaryl/α,β-unsaturated/α-hetero) is 1. The van der Waals surface area contributed by atoms with Crippen molar-refractivity contribution in [3.63, 3.8) is 0 Å². The number of para-hydroxylation sites is 1. The molecule has 0 unspecified atom stereocenters. The van der Waals surface area contributed by atoms with E-state index in [1.807, 2.05) is 6.07 Å². The number of rotatable bonds is 3. The number of hydrogen-bond acceptors (Lipinski definition) is 4. The van der Waals surface area contributed by atoms with Crippen LogP contribution in [-0.2, 0) is 20.7 Å². The number of ether oxygens (including phenoxy) is 1. The number of halogens is 1. The van der Waals surface area contributed by atoms with Crippen LogP contribution in [0.25, 0.3) is 0 Å². The molecule has 2 aliphatic rings. The molecule has 3 rings (SSSR count). The zero-order valence-corrected chi connectivity index (χ0v) is 12.5. The van der Waals surface area contributed by atoms with Gasteiger partial charge in [0.1, 0.15) is 5.82 Å².